The van der Waals surface area contributed by atoms with Crippen molar-refractivity contribution in [3.63, 3.8) is 0 Å². The van der Waals surface area contributed by atoms with Crippen LogP contribution in [0, 0.1) is 0 Å². The molecular formula is C19H15Cl3N4OS. The molecule has 0 atom stereocenters. The first-order valence-corrected chi connectivity index (χ1v) is 10.3. The van der Waals surface area contributed by atoms with E-state index in [2.05, 4.69) is 22.1 Å². The third-order valence-electron chi connectivity index (χ3n) is 3.69. The number of hydrogen-bond donors (Lipinski definition) is 1. The smallest absolute Gasteiger partial charge is 0.234 e. The number of amides is 1. The van der Waals surface area contributed by atoms with Gasteiger partial charge in [0.1, 0.15) is 0 Å². The van der Waals surface area contributed by atoms with Crippen molar-refractivity contribution in [3.8, 4) is 11.4 Å². The fourth-order valence-electron chi connectivity index (χ4n) is 2.42. The summed E-state index contributed by atoms with van der Waals surface area (Å²) in [5.41, 5.74) is 1.34. The average molecular weight is 454 g/mol. The summed E-state index contributed by atoms with van der Waals surface area (Å²) in [7, 11) is 0. The van der Waals surface area contributed by atoms with Gasteiger partial charge in [0.05, 0.1) is 26.5 Å². The van der Waals surface area contributed by atoms with Gasteiger partial charge in [-0.1, -0.05) is 64.8 Å². The molecule has 28 heavy (non-hydrogen) atoms. The fraction of sp³-hybridized carbons (Fsp3) is 0.105. The highest BCUT2D eigenvalue weighted by molar-refractivity contribution is 7.99. The van der Waals surface area contributed by atoms with Crippen LogP contribution in [0.5, 0.6) is 0 Å². The SMILES string of the molecule is C=CCn1c(SCC(=O)Nc2ccccc2Cl)nnc1-c1ccc(Cl)c(Cl)c1. The van der Waals surface area contributed by atoms with Gasteiger partial charge in [0, 0.05) is 12.1 Å². The van der Waals surface area contributed by atoms with Crippen LogP contribution in [0.1, 0.15) is 0 Å². The molecule has 3 aromatic rings. The van der Waals surface area contributed by atoms with Crippen LogP contribution < -0.4 is 5.32 Å². The van der Waals surface area contributed by atoms with Crippen LogP contribution >= 0.6 is 46.6 Å². The van der Waals surface area contributed by atoms with Gasteiger partial charge in [-0.15, -0.1) is 16.8 Å². The van der Waals surface area contributed by atoms with Crippen molar-refractivity contribution in [1.82, 2.24) is 14.8 Å². The normalized spacial score (nSPS) is 10.7. The minimum Gasteiger partial charge on any atom is -0.324 e. The van der Waals surface area contributed by atoms with Crippen LogP contribution in [0.15, 0.2) is 60.3 Å². The van der Waals surface area contributed by atoms with E-state index in [1.54, 1.807) is 42.5 Å². The fourth-order valence-corrected chi connectivity index (χ4v) is 3.65. The molecule has 144 valence electrons. The highest BCUT2D eigenvalue weighted by Gasteiger charge is 2.16. The summed E-state index contributed by atoms with van der Waals surface area (Å²) in [5.74, 6) is 0.580. The molecule has 3 rings (SSSR count). The zero-order valence-electron chi connectivity index (χ0n) is 14.5. The Hall–Kier alpha value is -1.99. The van der Waals surface area contributed by atoms with E-state index in [0.29, 0.717) is 38.3 Å². The van der Waals surface area contributed by atoms with E-state index in [1.807, 2.05) is 10.6 Å². The summed E-state index contributed by atoms with van der Waals surface area (Å²) in [6.45, 7) is 4.26. The lowest BCUT2D eigenvalue weighted by Crippen LogP contribution is -2.15. The summed E-state index contributed by atoms with van der Waals surface area (Å²) in [5, 5.41) is 13.2. The molecule has 1 heterocycles. The van der Waals surface area contributed by atoms with Gasteiger partial charge in [0.25, 0.3) is 0 Å². The van der Waals surface area contributed by atoms with E-state index in [4.69, 9.17) is 34.8 Å². The minimum atomic E-state index is -0.192. The summed E-state index contributed by atoms with van der Waals surface area (Å²) in [6, 6.07) is 12.3. The Bertz CT molecular complexity index is 1020. The number of para-hydroxylation sites is 1. The standard InChI is InChI=1S/C19H15Cl3N4OS/c1-2-9-26-18(12-7-8-13(20)15(22)10-12)24-25-19(26)28-11-17(27)23-16-6-4-3-5-14(16)21/h2-8,10H,1,9,11H2,(H,23,27). The molecule has 0 radical (unpaired) electrons. The predicted molar refractivity (Wildman–Crippen MR) is 116 cm³/mol. The summed E-state index contributed by atoms with van der Waals surface area (Å²) in [4.78, 5) is 12.3. The van der Waals surface area contributed by atoms with Crippen LogP contribution in [0.4, 0.5) is 5.69 Å². The number of nitrogens with zero attached hydrogens (tertiary/aromatic N) is 3. The number of aromatic nitrogens is 3. The second kappa shape index (κ2) is 9.47. The molecule has 0 spiro atoms. The summed E-state index contributed by atoms with van der Waals surface area (Å²) >= 11 is 19.4. The number of anilines is 1. The van der Waals surface area contributed by atoms with E-state index in [9.17, 15) is 4.79 Å². The Kier molecular flexibility index (Phi) is 7.02. The van der Waals surface area contributed by atoms with E-state index >= 15 is 0 Å². The Morgan fingerprint density at radius 1 is 1.11 bits per heavy atom. The van der Waals surface area contributed by atoms with E-state index in [0.717, 1.165) is 5.56 Å². The van der Waals surface area contributed by atoms with Crippen LogP contribution in [0.25, 0.3) is 11.4 Å². The lowest BCUT2D eigenvalue weighted by Gasteiger charge is -2.09. The predicted octanol–water partition coefficient (Wildman–Crippen LogP) is 5.82. The summed E-state index contributed by atoms with van der Waals surface area (Å²) in [6.07, 6.45) is 1.73. The number of thioether (sulfide) groups is 1. The number of benzene rings is 2. The molecule has 0 aliphatic carbocycles. The number of hydrogen-bond acceptors (Lipinski definition) is 4. The Morgan fingerprint density at radius 3 is 2.61 bits per heavy atom. The number of carbonyl (C=O) groups is 1. The zero-order valence-corrected chi connectivity index (χ0v) is 17.6. The zero-order chi connectivity index (χ0) is 20.1. The molecule has 1 aromatic heterocycles. The summed E-state index contributed by atoms with van der Waals surface area (Å²) < 4.78 is 1.86. The van der Waals surface area contributed by atoms with Crippen LogP contribution in [0.3, 0.4) is 0 Å². The van der Waals surface area contributed by atoms with Crippen molar-refractivity contribution in [2.45, 2.75) is 11.7 Å². The van der Waals surface area contributed by atoms with Gasteiger partial charge in [-0.05, 0) is 30.3 Å². The maximum atomic E-state index is 12.3. The first-order valence-electron chi connectivity index (χ1n) is 8.16. The highest BCUT2D eigenvalue weighted by Crippen LogP contribution is 2.30. The first-order chi connectivity index (χ1) is 13.5. The quantitative estimate of drug-likeness (QED) is 0.361. The van der Waals surface area contributed by atoms with Gasteiger partial charge in [0.15, 0.2) is 11.0 Å². The van der Waals surface area contributed by atoms with Crippen molar-refractivity contribution >= 4 is 58.2 Å². The van der Waals surface area contributed by atoms with Crippen molar-refractivity contribution in [2.24, 2.45) is 0 Å². The van der Waals surface area contributed by atoms with E-state index < -0.39 is 0 Å². The van der Waals surface area contributed by atoms with Gasteiger partial charge in [-0.25, -0.2) is 0 Å². The molecule has 2 aromatic carbocycles. The van der Waals surface area contributed by atoms with Crippen molar-refractivity contribution in [1.29, 1.82) is 0 Å². The number of allylic oxidation sites excluding steroid dienone is 1. The lowest BCUT2D eigenvalue weighted by molar-refractivity contribution is -0.113. The number of rotatable bonds is 7. The van der Waals surface area contributed by atoms with E-state index in [1.165, 1.54) is 11.8 Å². The molecule has 0 saturated heterocycles. The molecular weight excluding hydrogens is 439 g/mol. The molecule has 0 aliphatic heterocycles. The third kappa shape index (κ3) is 4.89. The molecule has 0 bridgehead atoms. The van der Waals surface area contributed by atoms with Crippen molar-refractivity contribution in [2.75, 3.05) is 11.1 Å². The van der Waals surface area contributed by atoms with Gasteiger partial charge >= 0.3 is 0 Å². The van der Waals surface area contributed by atoms with Crippen molar-refractivity contribution in [3.05, 3.63) is 70.2 Å². The molecule has 1 N–H and O–H groups in total. The maximum absolute atomic E-state index is 12.3. The third-order valence-corrected chi connectivity index (χ3v) is 5.72. The van der Waals surface area contributed by atoms with Crippen LogP contribution in [-0.4, -0.2) is 26.4 Å². The number of halogens is 3. The van der Waals surface area contributed by atoms with Crippen molar-refractivity contribution < 1.29 is 4.79 Å². The average Bonchev–Trinajstić information content (AvgIpc) is 3.07. The van der Waals surface area contributed by atoms with Crippen LogP contribution in [0.2, 0.25) is 15.1 Å². The highest BCUT2D eigenvalue weighted by atomic mass is 35.5. The lowest BCUT2D eigenvalue weighted by atomic mass is 10.2. The molecule has 0 unspecified atom stereocenters. The minimum absolute atomic E-state index is 0.155. The van der Waals surface area contributed by atoms with Gasteiger partial charge in [0.2, 0.25) is 5.91 Å². The van der Waals surface area contributed by atoms with Gasteiger partial charge < -0.3 is 5.32 Å². The van der Waals surface area contributed by atoms with Gasteiger partial charge in [-0.3, -0.25) is 9.36 Å². The number of nitrogens with one attached hydrogen (secondary N) is 1. The topological polar surface area (TPSA) is 59.8 Å². The molecule has 1 amide bonds. The first kappa shape index (κ1) is 20.7. The Labute approximate surface area is 181 Å². The molecule has 0 aliphatic rings. The molecule has 9 heteroatoms. The van der Waals surface area contributed by atoms with Crippen LogP contribution in [-0.2, 0) is 11.3 Å². The largest absolute Gasteiger partial charge is 0.324 e. The monoisotopic (exact) mass is 452 g/mol. The molecule has 5 nitrogen and oxygen atoms in total. The molecule has 0 saturated carbocycles. The van der Waals surface area contributed by atoms with E-state index in [-0.39, 0.29) is 11.7 Å². The second-order valence-corrected chi connectivity index (χ2v) is 7.82. The van der Waals surface area contributed by atoms with Gasteiger partial charge in [-0.2, -0.15) is 0 Å². The number of carbonyl (C=O) groups excluding carboxylic acids is 1. The second-order valence-electron chi connectivity index (χ2n) is 5.65. The molecule has 0 fully saturated rings. The Balaban J connectivity index is 1.76. The Morgan fingerprint density at radius 2 is 1.89 bits per heavy atom. The maximum Gasteiger partial charge on any atom is 0.234 e.